The first kappa shape index (κ1) is 14.7. The maximum Gasteiger partial charge on any atom is 0.0889 e. The topological polar surface area (TPSA) is 18.5 Å². The fourth-order valence-electron chi connectivity index (χ4n) is 2.10. The zero-order chi connectivity index (χ0) is 12.0. The molecular formula is C12H22BrClO2. The second-order valence-corrected chi connectivity index (χ2v) is 5.53. The Kier molecular flexibility index (Phi) is 6.63. The van der Waals surface area contributed by atoms with E-state index in [0.29, 0.717) is 18.1 Å². The van der Waals surface area contributed by atoms with Gasteiger partial charge in [0.15, 0.2) is 0 Å². The van der Waals surface area contributed by atoms with Crippen LogP contribution in [-0.2, 0) is 9.47 Å². The quantitative estimate of drug-likeness (QED) is 0.695. The summed E-state index contributed by atoms with van der Waals surface area (Å²) in [6.45, 7) is 4.90. The van der Waals surface area contributed by atoms with Crippen LogP contribution in [0.4, 0.5) is 0 Å². The molecule has 0 aliphatic heterocycles. The molecule has 0 bridgehead atoms. The van der Waals surface area contributed by atoms with Crippen molar-refractivity contribution in [1.82, 2.24) is 0 Å². The smallest absolute Gasteiger partial charge is 0.0889 e. The van der Waals surface area contributed by atoms with Gasteiger partial charge in [-0.2, -0.15) is 0 Å². The Hall–Kier alpha value is 0.690. The van der Waals surface area contributed by atoms with E-state index in [1.165, 1.54) is 12.8 Å². The molecule has 0 aromatic rings. The second-order valence-electron chi connectivity index (χ2n) is 4.70. The van der Waals surface area contributed by atoms with Gasteiger partial charge in [-0.25, -0.2) is 0 Å². The average molecular weight is 314 g/mol. The number of ether oxygens (including phenoxy) is 2. The van der Waals surface area contributed by atoms with Gasteiger partial charge in [0.25, 0.3) is 0 Å². The summed E-state index contributed by atoms with van der Waals surface area (Å²) in [4.78, 5) is 0. The number of rotatable bonds is 6. The first-order valence-corrected chi connectivity index (χ1v) is 7.70. The molecule has 0 amide bonds. The lowest BCUT2D eigenvalue weighted by molar-refractivity contribution is -0.0975. The highest BCUT2D eigenvalue weighted by Crippen LogP contribution is 2.28. The summed E-state index contributed by atoms with van der Waals surface area (Å²) in [7, 11) is 0. The molecule has 2 nitrogen and oxygen atoms in total. The van der Waals surface area contributed by atoms with E-state index in [4.69, 9.17) is 21.1 Å². The predicted octanol–water partition coefficient (Wildman–Crippen LogP) is 3.74. The molecule has 3 atom stereocenters. The van der Waals surface area contributed by atoms with Crippen LogP contribution >= 0.6 is 27.5 Å². The van der Waals surface area contributed by atoms with Crippen molar-refractivity contribution < 1.29 is 9.47 Å². The van der Waals surface area contributed by atoms with Gasteiger partial charge in [-0.1, -0.05) is 15.9 Å². The highest BCUT2D eigenvalue weighted by atomic mass is 79.9. The first-order chi connectivity index (χ1) is 7.63. The van der Waals surface area contributed by atoms with E-state index in [-0.39, 0.29) is 5.60 Å². The summed E-state index contributed by atoms with van der Waals surface area (Å²) in [5, 5.41) is 0.777. The molecule has 16 heavy (non-hydrogen) atoms. The molecule has 0 saturated heterocycles. The third kappa shape index (κ3) is 4.52. The van der Waals surface area contributed by atoms with E-state index in [1.54, 1.807) is 0 Å². The Balaban J connectivity index is 2.41. The number of hydrogen-bond donors (Lipinski definition) is 0. The summed E-state index contributed by atoms with van der Waals surface area (Å²) < 4.78 is 11.8. The summed E-state index contributed by atoms with van der Waals surface area (Å²) in [6.07, 6.45) is 5.16. The Morgan fingerprint density at radius 1 is 1.38 bits per heavy atom. The van der Waals surface area contributed by atoms with Gasteiger partial charge < -0.3 is 9.47 Å². The molecule has 1 fully saturated rings. The molecule has 1 aliphatic carbocycles. The van der Waals surface area contributed by atoms with Crippen LogP contribution in [0.25, 0.3) is 0 Å². The average Bonchev–Trinajstić information content (AvgIpc) is 2.30. The van der Waals surface area contributed by atoms with Gasteiger partial charge in [0.2, 0.25) is 0 Å². The SMILES string of the molecule is CCOC1CCCC(OC(C)(CCl)CBr)C1. The van der Waals surface area contributed by atoms with Gasteiger partial charge in [-0.3, -0.25) is 0 Å². The van der Waals surface area contributed by atoms with Gasteiger partial charge >= 0.3 is 0 Å². The lowest BCUT2D eigenvalue weighted by Gasteiger charge is -2.35. The predicted molar refractivity (Wildman–Crippen MR) is 71.7 cm³/mol. The molecule has 0 spiro atoms. The third-order valence-corrected chi connectivity index (χ3v) is 4.75. The van der Waals surface area contributed by atoms with E-state index in [2.05, 4.69) is 22.9 Å². The Bertz CT molecular complexity index is 195. The molecular weight excluding hydrogens is 291 g/mol. The molecule has 1 saturated carbocycles. The molecule has 3 unspecified atom stereocenters. The zero-order valence-corrected chi connectivity index (χ0v) is 12.5. The molecule has 0 N–H and O–H groups in total. The molecule has 4 heteroatoms. The van der Waals surface area contributed by atoms with Crippen LogP contribution in [0.1, 0.15) is 39.5 Å². The molecule has 0 aromatic heterocycles. The summed E-state index contributed by atoms with van der Waals surface area (Å²) >= 11 is 9.40. The summed E-state index contributed by atoms with van der Waals surface area (Å²) in [6, 6.07) is 0. The summed E-state index contributed by atoms with van der Waals surface area (Å²) in [5.74, 6) is 0.522. The molecule has 0 heterocycles. The largest absolute Gasteiger partial charge is 0.378 e. The fourth-order valence-corrected chi connectivity index (χ4v) is 2.81. The molecule has 96 valence electrons. The molecule has 1 aliphatic rings. The molecule has 1 rings (SSSR count). The van der Waals surface area contributed by atoms with Gasteiger partial charge in [0.05, 0.1) is 23.7 Å². The van der Waals surface area contributed by atoms with Gasteiger partial charge in [0, 0.05) is 11.9 Å². The van der Waals surface area contributed by atoms with Gasteiger partial charge in [0.1, 0.15) is 0 Å². The normalized spacial score (nSPS) is 30.0. The molecule has 0 radical (unpaired) electrons. The van der Waals surface area contributed by atoms with Crippen molar-refractivity contribution in [2.24, 2.45) is 0 Å². The van der Waals surface area contributed by atoms with Crippen molar-refractivity contribution in [3.05, 3.63) is 0 Å². The lowest BCUT2D eigenvalue weighted by Crippen LogP contribution is -2.40. The number of alkyl halides is 2. The lowest BCUT2D eigenvalue weighted by atomic mass is 9.94. The minimum Gasteiger partial charge on any atom is -0.378 e. The third-order valence-electron chi connectivity index (χ3n) is 3.00. The maximum atomic E-state index is 6.09. The van der Waals surface area contributed by atoms with Crippen LogP contribution in [0.3, 0.4) is 0 Å². The highest BCUT2D eigenvalue weighted by molar-refractivity contribution is 9.09. The number of hydrogen-bond acceptors (Lipinski definition) is 2. The van der Waals surface area contributed by atoms with Crippen molar-refractivity contribution in [3.8, 4) is 0 Å². The zero-order valence-electron chi connectivity index (χ0n) is 10.2. The molecule has 0 aromatic carbocycles. The van der Waals surface area contributed by atoms with Crippen LogP contribution < -0.4 is 0 Å². The minimum absolute atomic E-state index is 0.250. The Morgan fingerprint density at radius 2 is 2.06 bits per heavy atom. The monoisotopic (exact) mass is 312 g/mol. The Morgan fingerprint density at radius 3 is 2.62 bits per heavy atom. The minimum atomic E-state index is -0.250. The van der Waals surface area contributed by atoms with E-state index in [9.17, 15) is 0 Å². The van der Waals surface area contributed by atoms with Crippen LogP contribution in [0.15, 0.2) is 0 Å². The van der Waals surface area contributed by atoms with Crippen molar-refractivity contribution in [2.75, 3.05) is 17.8 Å². The van der Waals surface area contributed by atoms with E-state index < -0.39 is 0 Å². The second kappa shape index (κ2) is 7.20. The van der Waals surface area contributed by atoms with Crippen LogP contribution in [0, 0.1) is 0 Å². The van der Waals surface area contributed by atoms with Crippen molar-refractivity contribution in [3.63, 3.8) is 0 Å². The standard InChI is InChI=1S/C12H22BrClO2/c1-3-15-10-5-4-6-11(7-10)16-12(2,8-13)9-14/h10-11H,3-9H2,1-2H3. The first-order valence-electron chi connectivity index (χ1n) is 6.05. The van der Waals surface area contributed by atoms with Gasteiger partial charge in [-0.05, 0) is 39.5 Å². The summed E-state index contributed by atoms with van der Waals surface area (Å²) in [5.41, 5.74) is -0.250. The van der Waals surface area contributed by atoms with Crippen LogP contribution in [0.5, 0.6) is 0 Å². The number of halogens is 2. The maximum absolute atomic E-state index is 6.09. The van der Waals surface area contributed by atoms with Crippen molar-refractivity contribution in [2.45, 2.75) is 57.3 Å². The van der Waals surface area contributed by atoms with Crippen LogP contribution in [0.2, 0.25) is 0 Å². The van der Waals surface area contributed by atoms with E-state index in [0.717, 1.165) is 24.8 Å². The van der Waals surface area contributed by atoms with Crippen molar-refractivity contribution in [1.29, 1.82) is 0 Å². The fraction of sp³-hybridized carbons (Fsp3) is 1.00. The van der Waals surface area contributed by atoms with Crippen LogP contribution in [-0.4, -0.2) is 35.6 Å². The van der Waals surface area contributed by atoms with E-state index in [1.807, 2.05) is 6.92 Å². The van der Waals surface area contributed by atoms with Gasteiger partial charge in [-0.15, -0.1) is 11.6 Å². The van der Waals surface area contributed by atoms with E-state index >= 15 is 0 Å². The highest BCUT2D eigenvalue weighted by Gasteiger charge is 2.30. The van der Waals surface area contributed by atoms with Crippen molar-refractivity contribution >= 4 is 27.5 Å². The Labute approximate surface area is 112 Å².